The summed E-state index contributed by atoms with van der Waals surface area (Å²) in [7, 11) is 6.96. The van der Waals surface area contributed by atoms with Crippen molar-refractivity contribution in [3.63, 3.8) is 0 Å². The quantitative estimate of drug-likeness (QED) is 0.292. The molecule has 0 fully saturated rings. The summed E-state index contributed by atoms with van der Waals surface area (Å²) in [5.41, 5.74) is 12.8. The van der Waals surface area contributed by atoms with E-state index in [4.69, 9.17) is 19.9 Å². The van der Waals surface area contributed by atoms with Crippen LogP contribution >= 0.6 is 0 Å². The number of fused-ring (bicyclic) bond motifs is 2. The highest BCUT2D eigenvalue weighted by Gasteiger charge is 2.15. The van der Waals surface area contributed by atoms with E-state index in [-0.39, 0.29) is 0 Å². The minimum Gasteiger partial charge on any atom is -0.493 e. The number of nitrogens with zero attached hydrogens (tertiary/aromatic N) is 3. The molecule has 5 aromatic rings. The molecule has 0 saturated carbocycles. The second kappa shape index (κ2) is 9.43. The van der Waals surface area contributed by atoms with Gasteiger partial charge in [-0.3, -0.25) is 4.90 Å². The summed E-state index contributed by atoms with van der Waals surface area (Å²) in [6, 6.07) is 14.4. The second-order valence-corrected chi connectivity index (χ2v) is 8.93. The van der Waals surface area contributed by atoms with Gasteiger partial charge in [0.15, 0.2) is 17.1 Å². The normalized spacial score (nSPS) is 11.5. The molecule has 0 bridgehead atoms. The Morgan fingerprint density at radius 3 is 2.28 bits per heavy atom. The number of hydrogen-bond acceptors (Lipinski definition) is 7. The third-order valence-corrected chi connectivity index (χ3v) is 6.20. The Labute approximate surface area is 209 Å². The Kier molecular flexibility index (Phi) is 6.15. The van der Waals surface area contributed by atoms with Gasteiger partial charge >= 0.3 is 0 Å². The van der Waals surface area contributed by atoms with Crippen LogP contribution in [0.15, 0.2) is 42.5 Å². The van der Waals surface area contributed by atoms with E-state index >= 15 is 0 Å². The zero-order valence-corrected chi connectivity index (χ0v) is 21.1. The van der Waals surface area contributed by atoms with Gasteiger partial charge < -0.3 is 29.9 Å². The molecule has 9 heteroatoms. The summed E-state index contributed by atoms with van der Waals surface area (Å²) in [5, 5.41) is 1.13. The Bertz CT molecular complexity index is 1530. The van der Waals surface area contributed by atoms with Crippen LogP contribution in [0.2, 0.25) is 0 Å². The zero-order valence-electron chi connectivity index (χ0n) is 21.1. The molecule has 186 valence electrons. The lowest BCUT2D eigenvalue weighted by molar-refractivity contribution is 0.309. The van der Waals surface area contributed by atoms with Gasteiger partial charge in [-0.1, -0.05) is 6.07 Å². The van der Waals surface area contributed by atoms with Crippen molar-refractivity contribution in [3.05, 3.63) is 59.4 Å². The first-order valence-corrected chi connectivity index (χ1v) is 11.6. The fourth-order valence-electron chi connectivity index (χ4n) is 4.67. The average Bonchev–Trinajstić information content (AvgIpc) is 3.44. The molecule has 3 aromatic heterocycles. The Hall–Kier alpha value is -4.24. The predicted octanol–water partition coefficient (Wildman–Crippen LogP) is 4.65. The number of methoxy groups -OCH3 is 3. The van der Waals surface area contributed by atoms with Crippen molar-refractivity contribution < 1.29 is 14.2 Å². The van der Waals surface area contributed by atoms with Crippen LogP contribution in [0.3, 0.4) is 0 Å². The lowest BCUT2D eigenvalue weighted by Gasteiger charge is -2.19. The van der Waals surface area contributed by atoms with Crippen LogP contribution in [0.1, 0.15) is 17.0 Å². The summed E-state index contributed by atoms with van der Waals surface area (Å²) in [6.07, 6.45) is 0. The van der Waals surface area contributed by atoms with Crippen molar-refractivity contribution in [2.45, 2.75) is 20.0 Å². The number of benzene rings is 2. The number of nitrogens with one attached hydrogen (secondary N) is 2. The molecule has 0 radical (unpaired) electrons. The van der Waals surface area contributed by atoms with Crippen molar-refractivity contribution in [2.75, 3.05) is 34.1 Å². The molecule has 0 amide bonds. The maximum absolute atomic E-state index is 6.05. The molecule has 9 nitrogen and oxygen atoms in total. The third kappa shape index (κ3) is 4.40. The number of anilines is 1. The second-order valence-electron chi connectivity index (χ2n) is 8.93. The minimum absolute atomic E-state index is 0.441. The van der Waals surface area contributed by atoms with Crippen molar-refractivity contribution >= 4 is 27.9 Å². The highest BCUT2D eigenvalue weighted by Crippen LogP contribution is 2.38. The number of ether oxygens (including phenoxy) is 3. The van der Waals surface area contributed by atoms with Crippen LogP contribution in [-0.4, -0.2) is 53.2 Å². The fraction of sp³-hybridized carbons (Fsp3) is 0.259. The largest absolute Gasteiger partial charge is 0.493 e. The van der Waals surface area contributed by atoms with E-state index in [1.807, 2.05) is 25.1 Å². The van der Waals surface area contributed by atoms with E-state index in [0.29, 0.717) is 28.7 Å². The lowest BCUT2D eigenvalue weighted by atomic mass is 10.1. The molecule has 0 saturated heterocycles. The number of H-pyrrole nitrogens is 2. The maximum Gasteiger partial charge on any atom is 0.203 e. The summed E-state index contributed by atoms with van der Waals surface area (Å²) in [5.74, 6) is 3.15. The number of rotatable bonds is 8. The van der Waals surface area contributed by atoms with Gasteiger partial charge in [-0.05, 0) is 61.5 Å². The number of imidazole rings is 1. The molecule has 0 aliphatic carbocycles. The smallest absolute Gasteiger partial charge is 0.203 e. The van der Waals surface area contributed by atoms with Gasteiger partial charge in [0.2, 0.25) is 5.75 Å². The SMILES string of the molecule is COc1cc(CN(C)Cc2ccc3[nH]c(-c4cc(N)nc5nc(C)[nH]c45)cc3c2)cc(OC)c1OC. The van der Waals surface area contributed by atoms with Crippen LogP contribution in [-0.2, 0) is 13.1 Å². The summed E-state index contributed by atoms with van der Waals surface area (Å²) >= 11 is 0. The minimum atomic E-state index is 0.441. The van der Waals surface area contributed by atoms with E-state index < -0.39 is 0 Å². The molecule has 36 heavy (non-hydrogen) atoms. The van der Waals surface area contributed by atoms with Gasteiger partial charge in [0.1, 0.15) is 11.6 Å². The topological polar surface area (TPSA) is 114 Å². The van der Waals surface area contributed by atoms with Gasteiger partial charge in [-0.2, -0.15) is 0 Å². The van der Waals surface area contributed by atoms with Gasteiger partial charge in [0.05, 0.1) is 26.8 Å². The lowest BCUT2D eigenvalue weighted by Crippen LogP contribution is -2.17. The Morgan fingerprint density at radius 1 is 0.861 bits per heavy atom. The van der Waals surface area contributed by atoms with Crippen molar-refractivity contribution in [1.82, 2.24) is 24.8 Å². The first-order chi connectivity index (χ1) is 17.4. The summed E-state index contributed by atoms with van der Waals surface area (Å²) in [6.45, 7) is 3.41. The highest BCUT2D eigenvalue weighted by molar-refractivity contribution is 5.95. The Morgan fingerprint density at radius 2 is 1.58 bits per heavy atom. The van der Waals surface area contributed by atoms with Gasteiger partial charge in [0, 0.05) is 35.2 Å². The molecule has 0 aliphatic heterocycles. The van der Waals surface area contributed by atoms with Crippen LogP contribution < -0.4 is 19.9 Å². The van der Waals surface area contributed by atoms with Gasteiger partial charge in [0.25, 0.3) is 0 Å². The molecule has 2 aromatic carbocycles. The number of hydrogen-bond donors (Lipinski definition) is 3. The zero-order chi connectivity index (χ0) is 25.4. The molecule has 0 atom stereocenters. The number of aromatic amines is 2. The standard InChI is InChI=1S/C27H30N6O3/c1-15-29-25-19(12-24(28)32-27(25)30-15)21-11-18-8-16(6-7-20(18)31-21)13-33(2)14-17-9-22(34-3)26(36-5)23(10-17)35-4/h6-12,31H,13-14H2,1-5H3,(H3,28,29,30,32). The highest BCUT2D eigenvalue weighted by atomic mass is 16.5. The summed E-state index contributed by atoms with van der Waals surface area (Å²) < 4.78 is 16.4. The van der Waals surface area contributed by atoms with Crippen LogP contribution in [0, 0.1) is 6.92 Å². The molecule has 3 heterocycles. The van der Waals surface area contributed by atoms with E-state index in [9.17, 15) is 0 Å². The molecule has 0 aliphatic rings. The van der Waals surface area contributed by atoms with Crippen molar-refractivity contribution in [3.8, 4) is 28.5 Å². The van der Waals surface area contributed by atoms with Gasteiger partial charge in [-0.25, -0.2) is 9.97 Å². The number of aryl methyl sites for hydroxylation is 1. The fourth-order valence-corrected chi connectivity index (χ4v) is 4.67. The number of nitrogens with two attached hydrogens (primary N) is 1. The number of pyridine rings is 1. The predicted molar refractivity (Wildman–Crippen MR) is 142 cm³/mol. The monoisotopic (exact) mass is 486 g/mol. The van der Waals surface area contributed by atoms with E-state index in [1.54, 1.807) is 21.3 Å². The number of aromatic nitrogens is 4. The molecule has 0 unspecified atom stereocenters. The molecular weight excluding hydrogens is 456 g/mol. The first-order valence-electron chi connectivity index (χ1n) is 11.6. The number of nitrogen functional groups attached to an aromatic ring is 1. The molecule has 5 rings (SSSR count). The van der Waals surface area contributed by atoms with Crippen LogP contribution in [0.25, 0.3) is 33.3 Å². The Balaban J connectivity index is 1.39. The third-order valence-electron chi connectivity index (χ3n) is 6.20. The van der Waals surface area contributed by atoms with Crippen molar-refractivity contribution in [1.29, 1.82) is 0 Å². The van der Waals surface area contributed by atoms with E-state index in [2.05, 4.69) is 56.1 Å². The van der Waals surface area contributed by atoms with Crippen LogP contribution in [0.4, 0.5) is 5.82 Å². The molecular formula is C27H30N6O3. The average molecular weight is 487 g/mol. The maximum atomic E-state index is 6.05. The summed E-state index contributed by atoms with van der Waals surface area (Å²) in [4.78, 5) is 17.8. The molecule has 0 spiro atoms. The van der Waals surface area contributed by atoms with Crippen LogP contribution in [0.5, 0.6) is 17.2 Å². The molecule has 4 N–H and O–H groups in total. The van der Waals surface area contributed by atoms with Crippen molar-refractivity contribution in [2.24, 2.45) is 0 Å². The van der Waals surface area contributed by atoms with Gasteiger partial charge in [-0.15, -0.1) is 0 Å². The first kappa shape index (κ1) is 23.5. The van der Waals surface area contributed by atoms with E-state index in [1.165, 1.54) is 5.56 Å². The van der Waals surface area contributed by atoms with E-state index in [0.717, 1.165) is 52.2 Å².